The summed E-state index contributed by atoms with van der Waals surface area (Å²) in [5.74, 6) is -0.416. The maximum absolute atomic E-state index is 12.7. The second-order valence-corrected chi connectivity index (χ2v) is 7.56. The van der Waals surface area contributed by atoms with E-state index in [0.717, 1.165) is 10.0 Å². The van der Waals surface area contributed by atoms with Crippen molar-refractivity contribution in [1.82, 2.24) is 15.8 Å². The molecule has 2 aromatic carbocycles. The molecule has 5 amide bonds. The molecule has 0 aromatic heterocycles. The monoisotopic (exact) mass is 446 g/mol. The Morgan fingerprint density at radius 3 is 2.61 bits per heavy atom. The average Bonchev–Trinajstić information content (AvgIpc) is 2.86. The third-order valence-corrected chi connectivity index (χ3v) is 4.93. The van der Waals surface area contributed by atoms with Crippen molar-refractivity contribution >= 4 is 39.6 Å². The summed E-state index contributed by atoms with van der Waals surface area (Å²) >= 11 is 3.30. The third-order valence-electron chi connectivity index (χ3n) is 4.40. The number of carbonyl (C=O) groups is 3. The van der Waals surface area contributed by atoms with Crippen LogP contribution in [0.5, 0.6) is 5.75 Å². The van der Waals surface area contributed by atoms with E-state index >= 15 is 0 Å². The Balaban J connectivity index is 1.61. The lowest BCUT2D eigenvalue weighted by atomic mass is 9.93. The largest absolute Gasteiger partial charge is 0.508 e. The molecule has 4 N–H and O–H groups in total. The number of amides is 5. The van der Waals surface area contributed by atoms with Gasteiger partial charge >= 0.3 is 12.1 Å². The molecule has 1 atom stereocenters. The van der Waals surface area contributed by atoms with Crippen LogP contribution in [0.2, 0.25) is 0 Å². The molecule has 1 aliphatic rings. The van der Waals surface area contributed by atoms with Gasteiger partial charge in [0, 0.05) is 10.2 Å². The van der Waals surface area contributed by atoms with Crippen LogP contribution in [0.3, 0.4) is 0 Å². The summed E-state index contributed by atoms with van der Waals surface area (Å²) in [5, 5.41) is 15.4. The fourth-order valence-electron chi connectivity index (χ4n) is 2.86. The van der Waals surface area contributed by atoms with Crippen LogP contribution in [-0.4, -0.2) is 33.6 Å². The molecule has 1 fully saturated rings. The minimum absolute atomic E-state index is 0.136. The van der Waals surface area contributed by atoms with Crippen molar-refractivity contribution in [1.29, 1.82) is 0 Å². The number of benzene rings is 2. The molecule has 1 saturated heterocycles. The number of hydrazine groups is 1. The molecule has 0 spiro atoms. The zero-order chi connectivity index (χ0) is 20.3. The molecule has 28 heavy (non-hydrogen) atoms. The molecule has 1 unspecified atom stereocenters. The Morgan fingerprint density at radius 1 is 1.21 bits per heavy atom. The Morgan fingerprint density at radius 2 is 1.93 bits per heavy atom. The number of phenolic OH excluding ortho intramolecular Hbond substituents is 1. The fourth-order valence-corrected chi connectivity index (χ4v) is 3.12. The summed E-state index contributed by atoms with van der Waals surface area (Å²) in [6.45, 7) is 1.60. The lowest BCUT2D eigenvalue weighted by Crippen LogP contribution is -2.50. The first-order valence-corrected chi connectivity index (χ1v) is 9.34. The zero-order valence-corrected chi connectivity index (χ0v) is 16.6. The third kappa shape index (κ3) is 4.42. The van der Waals surface area contributed by atoms with E-state index in [2.05, 4.69) is 32.0 Å². The Bertz CT molecular complexity index is 918. The molecule has 2 aromatic rings. The van der Waals surface area contributed by atoms with Crippen molar-refractivity contribution in [2.45, 2.75) is 25.3 Å². The predicted octanol–water partition coefficient (Wildman–Crippen LogP) is 3.13. The van der Waals surface area contributed by atoms with Crippen molar-refractivity contribution in [2.24, 2.45) is 0 Å². The van der Waals surface area contributed by atoms with Gasteiger partial charge in [0.1, 0.15) is 11.3 Å². The number of phenols is 1. The van der Waals surface area contributed by atoms with Gasteiger partial charge in [-0.15, -0.1) is 0 Å². The van der Waals surface area contributed by atoms with Gasteiger partial charge in [-0.2, -0.15) is 5.01 Å². The second kappa shape index (κ2) is 7.89. The number of urea groups is 2. The second-order valence-electron chi connectivity index (χ2n) is 6.65. The van der Waals surface area contributed by atoms with Crippen LogP contribution < -0.4 is 16.1 Å². The van der Waals surface area contributed by atoms with Gasteiger partial charge in [0.2, 0.25) is 0 Å². The van der Waals surface area contributed by atoms with E-state index in [0.29, 0.717) is 23.5 Å². The molecule has 0 aliphatic carbocycles. The van der Waals surface area contributed by atoms with Crippen LogP contribution >= 0.6 is 15.9 Å². The number of hydrogen-bond donors (Lipinski definition) is 4. The number of aryl methyl sites for hydroxylation is 1. The first-order valence-electron chi connectivity index (χ1n) is 8.55. The molecule has 3 rings (SSSR count). The number of nitrogens with one attached hydrogen (secondary N) is 3. The number of anilines is 1. The summed E-state index contributed by atoms with van der Waals surface area (Å²) < 4.78 is 0.857. The van der Waals surface area contributed by atoms with Gasteiger partial charge in [0.15, 0.2) is 0 Å². The van der Waals surface area contributed by atoms with E-state index < -0.39 is 23.5 Å². The number of imide groups is 1. The molecule has 8 nitrogen and oxygen atoms in total. The normalized spacial score (nSPS) is 18.7. The van der Waals surface area contributed by atoms with E-state index in [1.807, 2.05) is 6.07 Å². The van der Waals surface area contributed by atoms with Gasteiger partial charge in [0.25, 0.3) is 5.91 Å². The molecule has 0 saturated carbocycles. The van der Waals surface area contributed by atoms with Crippen molar-refractivity contribution in [3.8, 4) is 5.75 Å². The number of carbonyl (C=O) groups excluding carboxylic acids is 3. The Labute approximate surface area is 170 Å². The lowest BCUT2D eigenvalue weighted by molar-refractivity contribution is -0.132. The highest BCUT2D eigenvalue weighted by Crippen LogP contribution is 2.23. The van der Waals surface area contributed by atoms with E-state index in [1.165, 1.54) is 0 Å². The van der Waals surface area contributed by atoms with Crippen molar-refractivity contribution in [2.75, 3.05) is 5.32 Å². The summed E-state index contributed by atoms with van der Waals surface area (Å²) in [5.41, 5.74) is 2.46. The number of aromatic hydroxyl groups is 1. The minimum Gasteiger partial charge on any atom is -0.508 e. The van der Waals surface area contributed by atoms with Gasteiger partial charge < -0.3 is 15.7 Å². The molecule has 0 bridgehead atoms. The van der Waals surface area contributed by atoms with E-state index in [-0.39, 0.29) is 5.75 Å². The number of hydrogen-bond acceptors (Lipinski definition) is 4. The van der Waals surface area contributed by atoms with E-state index in [4.69, 9.17) is 0 Å². The van der Waals surface area contributed by atoms with Gasteiger partial charge in [-0.1, -0.05) is 28.1 Å². The van der Waals surface area contributed by atoms with Crippen LogP contribution in [-0.2, 0) is 11.2 Å². The number of halogens is 1. The maximum atomic E-state index is 12.7. The highest BCUT2D eigenvalue weighted by molar-refractivity contribution is 9.10. The maximum Gasteiger partial charge on any atom is 0.344 e. The molecule has 1 heterocycles. The minimum atomic E-state index is -1.16. The van der Waals surface area contributed by atoms with Crippen molar-refractivity contribution < 1.29 is 19.5 Å². The molecular formula is C19H19BrN4O4. The van der Waals surface area contributed by atoms with Gasteiger partial charge in [-0.05, 0) is 61.7 Å². The Kier molecular flexibility index (Phi) is 5.55. The quantitative estimate of drug-likeness (QED) is 0.528. The number of rotatable bonds is 5. The van der Waals surface area contributed by atoms with Crippen LogP contribution in [0.25, 0.3) is 0 Å². The highest BCUT2D eigenvalue weighted by atomic mass is 79.9. The SMILES string of the molecule is CC1(CCc2cccc(O)c2)NC(=O)N(NC(=O)Nc2ccc(Br)cc2)C1=O. The summed E-state index contributed by atoms with van der Waals surface area (Å²) in [6.07, 6.45) is 0.781. The van der Waals surface area contributed by atoms with Crippen molar-refractivity contribution in [3.63, 3.8) is 0 Å². The molecule has 146 valence electrons. The van der Waals surface area contributed by atoms with E-state index in [1.54, 1.807) is 49.4 Å². The first kappa shape index (κ1) is 19.7. The molecule has 9 heteroatoms. The van der Waals surface area contributed by atoms with Crippen LogP contribution in [0.15, 0.2) is 53.0 Å². The highest BCUT2D eigenvalue weighted by Gasteiger charge is 2.48. The molecule has 1 aliphatic heterocycles. The van der Waals surface area contributed by atoms with Crippen LogP contribution in [0.4, 0.5) is 15.3 Å². The summed E-state index contributed by atoms with van der Waals surface area (Å²) in [7, 11) is 0. The molecular weight excluding hydrogens is 428 g/mol. The average molecular weight is 447 g/mol. The van der Waals surface area contributed by atoms with Crippen molar-refractivity contribution in [3.05, 3.63) is 58.6 Å². The molecule has 0 radical (unpaired) electrons. The zero-order valence-electron chi connectivity index (χ0n) is 15.0. The lowest BCUT2D eigenvalue weighted by Gasteiger charge is -2.21. The van der Waals surface area contributed by atoms with Crippen LogP contribution in [0.1, 0.15) is 18.9 Å². The predicted molar refractivity (Wildman–Crippen MR) is 107 cm³/mol. The topological polar surface area (TPSA) is 111 Å². The van der Waals surface area contributed by atoms with Gasteiger partial charge in [0.05, 0.1) is 0 Å². The summed E-state index contributed by atoms with van der Waals surface area (Å²) in [6, 6.07) is 12.1. The Hall–Kier alpha value is -3.07. The van der Waals surface area contributed by atoms with E-state index in [9.17, 15) is 19.5 Å². The fraction of sp³-hybridized carbons (Fsp3) is 0.211. The van der Waals surface area contributed by atoms with Crippen LogP contribution in [0, 0.1) is 0 Å². The summed E-state index contributed by atoms with van der Waals surface area (Å²) in [4.78, 5) is 37.0. The standard InChI is InChI=1S/C19H19BrN4O4/c1-19(10-9-12-3-2-4-15(25)11-12)16(26)24(18(28)22-19)23-17(27)21-14-7-5-13(20)6-8-14/h2-8,11,25H,9-10H2,1H3,(H,22,28)(H2,21,23,27). The van der Waals surface area contributed by atoms with Gasteiger partial charge in [-0.3, -0.25) is 4.79 Å². The first-order chi connectivity index (χ1) is 13.3. The van der Waals surface area contributed by atoms with Gasteiger partial charge in [-0.25, -0.2) is 15.0 Å². The smallest absolute Gasteiger partial charge is 0.344 e. The number of nitrogens with zero attached hydrogens (tertiary/aromatic N) is 1.